The molecule has 16 heavy (non-hydrogen) atoms. The Morgan fingerprint density at radius 3 is 2.69 bits per heavy atom. The summed E-state index contributed by atoms with van der Waals surface area (Å²) in [6.07, 6.45) is 0. The molecule has 1 N–H and O–H groups in total. The predicted octanol–water partition coefficient (Wildman–Crippen LogP) is 2.11. The molecule has 0 spiro atoms. The number of halogens is 1. The number of anilines is 1. The normalized spacial score (nSPS) is 10.4. The third-order valence-electron chi connectivity index (χ3n) is 2.01. The molecule has 0 radical (unpaired) electrons. The molecule has 0 saturated heterocycles. The molecule has 6 heteroatoms. The van der Waals surface area contributed by atoms with Crippen LogP contribution in [0.5, 0.6) is 5.75 Å². The highest BCUT2D eigenvalue weighted by molar-refractivity contribution is 14.1. The van der Waals surface area contributed by atoms with Gasteiger partial charge in [0.25, 0.3) is 11.8 Å². The van der Waals surface area contributed by atoms with Crippen LogP contribution in [0.15, 0.2) is 22.7 Å². The van der Waals surface area contributed by atoms with Crippen molar-refractivity contribution in [2.45, 2.75) is 0 Å². The van der Waals surface area contributed by atoms with E-state index >= 15 is 0 Å². The minimum Gasteiger partial charge on any atom is -0.507 e. The zero-order valence-corrected chi connectivity index (χ0v) is 11.0. The number of aromatic hydroxyl groups is 1. The smallest absolute Gasteiger partial charge is 0.265 e. The van der Waals surface area contributed by atoms with Crippen LogP contribution < -0.4 is 4.90 Å². The number of phenols is 1. The van der Waals surface area contributed by atoms with Crippen LogP contribution in [0.2, 0.25) is 0 Å². The third-order valence-corrected chi connectivity index (χ3v) is 2.92. The molecule has 0 aliphatic rings. The quantitative estimate of drug-likeness (QED) is 0.854. The summed E-state index contributed by atoms with van der Waals surface area (Å²) in [5.74, 6) is 1.12. The molecule has 1 aromatic heterocycles. The van der Waals surface area contributed by atoms with E-state index in [4.69, 9.17) is 4.52 Å². The van der Waals surface area contributed by atoms with E-state index in [2.05, 4.69) is 32.7 Å². The molecule has 0 bridgehead atoms. The van der Waals surface area contributed by atoms with Crippen molar-refractivity contribution < 1.29 is 9.63 Å². The fourth-order valence-electron chi connectivity index (χ4n) is 1.16. The summed E-state index contributed by atoms with van der Waals surface area (Å²) in [4.78, 5) is 5.93. The van der Waals surface area contributed by atoms with Crippen molar-refractivity contribution in [3.63, 3.8) is 0 Å². The van der Waals surface area contributed by atoms with Gasteiger partial charge in [-0.3, -0.25) is 0 Å². The Bertz CT molecular complexity index is 511. The van der Waals surface area contributed by atoms with E-state index in [1.54, 1.807) is 17.0 Å². The second kappa shape index (κ2) is 4.28. The molecule has 1 heterocycles. The highest BCUT2D eigenvalue weighted by Gasteiger charge is 2.11. The number of aromatic nitrogens is 2. The van der Waals surface area contributed by atoms with Crippen LogP contribution in [-0.4, -0.2) is 29.3 Å². The zero-order chi connectivity index (χ0) is 11.7. The summed E-state index contributed by atoms with van der Waals surface area (Å²) in [7, 11) is 3.67. The SMILES string of the molecule is CN(C)c1noc(-c2ccc(I)c(O)c2)n1. The Morgan fingerprint density at radius 2 is 2.12 bits per heavy atom. The van der Waals surface area contributed by atoms with Gasteiger partial charge in [-0.25, -0.2) is 0 Å². The maximum Gasteiger partial charge on any atom is 0.265 e. The van der Waals surface area contributed by atoms with Gasteiger partial charge in [-0.15, -0.1) is 0 Å². The monoisotopic (exact) mass is 331 g/mol. The van der Waals surface area contributed by atoms with Crippen LogP contribution in [0.3, 0.4) is 0 Å². The Kier molecular flexibility index (Phi) is 2.99. The second-order valence-electron chi connectivity index (χ2n) is 3.46. The number of phenolic OH excluding ortho intramolecular Hbond substituents is 1. The predicted molar refractivity (Wildman–Crippen MR) is 68.4 cm³/mol. The summed E-state index contributed by atoms with van der Waals surface area (Å²) in [5, 5.41) is 13.4. The molecule has 0 saturated carbocycles. The van der Waals surface area contributed by atoms with Gasteiger partial charge in [0.05, 0.1) is 3.57 Å². The van der Waals surface area contributed by atoms with Gasteiger partial charge in [-0.1, -0.05) is 0 Å². The minimum absolute atomic E-state index is 0.211. The number of hydrogen-bond acceptors (Lipinski definition) is 5. The van der Waals surface area contributed by atoms with Gasteiger partial charge in [0.1, 0.15) is 5.75 Å². The first-order valence-corrected chi connectivity index (χ1v) is 5.65. The number of rotatable bonds is 2. The summed E-state index contributed by atoms with van der Waals surface area (Å²) in [6.45, 7) is 0. The van der Waals surface area contributed by atoms with E-state index in [0.29, 0.717) is 17.4 Å². The molecule has 0 aliphatic carbocycles. The van der Waals surface area contributed by atoms with Gasteiger partial charge in [0.2, 0.25) is 0 Å². The molecule has 0 unspecified atom stereocenters. The van der Waals surface area contributed by atoms with E-state index < -0.39 is 0 Å². The van der Waals surface area contributed by atoms with Crippen molar-refractivity contribution in [1.82, 2.24) is 10.1 Å². The molecule has 5 nitrogen and oxygen atoms in total. The van der Waals surface area contributed by atoms with Crippen molar-refractivity contribution in [2.24, 2.45) is 0 Å². The molecule has 0 amide bonds. The second-order valence-corrected chi connectivity index (χ2v) is 4.62. The van der Waals surface area contributed by atoms with Crippen LogP contribution in [0.1, 0.15) is 0 Å². The van der Waals surface area contributed by atoms with Crippen molar-refractivity contribution in [2.75, 3.05) is 19.0 Å². The summed E-state index contributed by atoms with van der Waals surface area (Å²) >= 11 is 2.05. The molecular weight excluding hydrogens is 321 g/mol. The molecule has 1 aromatic carbocycles. The van der Waals surface area contributed by atoms with E-state index in [0.717, 1.165) is 3.57 Å². The van der Waals surface area contributed by atoms with Crippen LogP contribution in [0.25, 0.3) is 11.5 Å². The Labute approximate surface area is 106 Å². The maximum absolute atomic E-state index is 9.57. The Balaban J connectivity index is 2.39. The average molecular weight is 331 g/mol. The number of benzene rings is 1. The van der Waals surface area contributed by atoms with Gasteiger partial charge >= 0.3 is 0 Å². The standard InChI is InChI=1S/C10H10IN3O2/c1-14(2)10-12-9(16-13-10)6-3-4-7(11)8(15)5-6/h3-5,15H,1-2H3. The topological polar surface area (TPSA) is 62.4 Å². The molecule has 2 rings (SSSR count). The number of hydrogen-bond donors (Lipinski definition) is 1. The van der Waals surface area contributed by atoms with Gasteiger partial charge in [0.15, 0.2) is 0 Å². The summed E-state index contributed by atoms with van der Waals surface area (Å²) in [5.41, 5.74) is 0.707. The lowest BCUT2D eigenvalue weighted by Gasteiger charge is -2.02. The Morgan fingerprint density at radius 1 is 1.38 bits per heavy atom. The van der Waals surface area contributed by atoms with Crippen molar-refractivity contribution >= 4 is 28.5 Å². The highest BCUT2D eigenvalue weighted by Crippen LogP contribution is 2.27. The number of nitrogens with zero attached hydrogens (tertiary/aromatic N) is 3. The van der Waals surface area contributed by atoms with Crippen molar-refractivity contribution in [3.8, 4) is 17.2 Å². The van der Waals surface area contributed by atoms with E-state index in [1.165, 1.54) is 0 Å². The summed E-state index contributed by atoms with van der Waals surface area (Å²) < 4.78 is 5.88. The van der Waals surface area contributed by atoms with Crippen LogP contribution in [-0.2, 0) is 0 Å². The van der Waals surface area contributed by atoms with E-state index in [-0.39, 0.29) is 5.75 Å². The molecule has 2 aromatic rings. The highest BCUT2D eigenvalue weighted by atomic mass is 127. The first kappa shape index (κ1) is 11.2. The lowest BCUT2D eigenvalue weighted by Crippen LogP contribution is -2.09. The molecule has 0 fully saturated rings. The fourth-order valence-corrected chi connectivity index (χ4v) is 1.50. The van der Waals surface area contributed by atoms with Gasteiger partial charge in [0, 0.05) is 19.7 Å². The molecule has 84 valence electrons. The average Bonchev–Trinajstić information content (AvgIpc) is 2.71. The molecular formula is C10H10IN3O2. The third kappa shape index (κ3) is 2.11. The van der Waals surface area contributed by atoms with Crippen LogP contribution >= 0.6 is 22.6 Å². The molecule has 0 aliphatic heterocycles. The summed E-state index contributed by atoms with van der Waals surface area (Å²) in [6, 6.07) is 5.23. The van der Waals surface area contributed by atoms with Crippen molar-refractivity contribution in [3.05, 3.63) is 21.8 Å². The van der Waals surface area contributed by atoms with Crippen LogP contribution in [0, 0.1) is 3.57 Å². The first-order chi connectivity index (χ1) is 7.58. The van der Waals surface area contributed by atoms with Gasteiger partial charge in [-0.05, 0) is 45.9 Å². The lowest BCUT2D eigenvalue weighted by atomic mass is 10.2. The lowest BCUT2D eigenvalue weighted by molar-refractivity contribution is 0.430. The zero-order valence-electron chi connectivity index (χ0n) is 8.81. The largest absolute Gasteiger partial charge is 0.507 e. The first-order valence-electron chi connectivity index (χ1n) is 4.58. The Hall–Kier alpha value is -1.31. The van der Waals surface area contributed by atoms with Crippen LogP contribution in [0.4, 0.5) is 5.95 Å². The van der Waals surface area contributed by atoms with Gasteiger partial charge < -0.3 is 14.5 Å². The molecule has 0 atom stereocenters. The van der Waals surface area contributed by atoms with Gasteiger partial charge in [-0.2, -0.15) is 4.98 Å². The van der Waals surface area contributed by atoms with Crippen molar-refractivity contribution in [1.29, 1.82) is 0 Å². The van der Waals surface area contributed by atoms with E-state index in [9.17, 15) is 5.11 Å². The van der Waals surface area contributed by atoms with E-state index in [1.807, 2.05) is 20.2 Å². The maximum atomic E-state index is 9.57. The minimum atomic E-state index is 0.211. The fraction of sp³-hybridized carbons (Fsp3) is 0.200.